The summed E-state index contributed by atoms with van der Waals surface area (Å²) in [6, 6.07) is 9.21. The van der Waals surface area contributed by atoms with Gasteiger partial charge in [-0.15, -0.1) is 0 Å². The number of nitrogens with one attached hydrogen (secondary N) is 1. The number of rotatable bonds is 8. The van der Waals surface area contributed by atoms with Crippen LogP contribution in [0.2, 0.25) is 0 Å². The molecule has 3 rings (SSSR count). The Morgan fingerprint density at radius 1 is 1.14 bits per heavy atom. The summed E-state index contributed by atoms with van der Waals surface area (Å²) in [6.07, 6.45) is -2.41. The van der Waals surface area contributed by atoms with Crippen molar-refractivity contribution in [1.82, 2.24) is 10.1 Å². The van der Waals surface area contributed by atoms with E-state index in [1.807, 2.05) is 0 Å². The van der Waals surface area contributed by atoms with Crippen LogP contribution in [0.25, 0.3) is 11.4 Å². The third-order valence-electron chi connectivity index (χ3n) is 3.75. The second-order valence-electron chi connectivity index (χ2n) is 5.91. The van der Waals surface area contributed by atoms with E-state index in [0.29, 0.717) is 23.7 Å². The average molecular weight is 409 g/mol. The monoisotopic (exact) mass is 409 g/mol. The van der Waals surface area contributed by atoms with Crippen LogP contribution in [0.5, 0.6) is 5.75 Å². The highest BCUT2D eigenvalue weighted by atomic mass is 19.3. The van der Waals surface area contributed by atoms with Crippen molar-refractivity contribution in [3.05, 3.63) is 60.0 Å². The Hall–Kier alpha value is -3.43. The summed E-state index contributed by atoms with van der Waals surface area (Å²) in [5, 5.41) is 6.13. The molecule has 0 unspecified atom stereocenters. The van der Waals surface area contributed by atoms with Crippen molar-refractivity contribution in [2.45, 2.75) is 19.3 Å². The van der Waals surface area contributed by atoms with E-state index in [0.717, 1.165) is 6.07 Å². The van der Waals surface area contributed by atoms with E-state index in [-0.39, 0.29) is 30.5 Å². The lowest BCUT2D eigenvalue weighted by atomic mass is 10.2. The van der Waals surface area contributed by atoms with Gasteiger partial charge in [0.25, 0.3) is 5.89 Å². The molecule has 1 amide bonds. The van der Waals surface area contributed by atoms with Crippen LogP contribution >= 0.6 is 0 Å². The zero-order chi connectivity index (χ0) is 20.8. The van der Waals surface area contributed by atoms with Gasteiger partial charge in [0.2, 0.25) is 11.7 Å². The van der Waals surface area contributed by atoms with Crippen LogP contribution < -0.4 is 10.1 Å². The van der Waals surface area contributed by atoms with Gasteiger partial charge in [0.1, 0.15) is 5.82 Å². The number of anilines is 1. The predicted octanol–water partition coefficient (Wildman–Crippen LogP) is 4.75. The van der Waals surface area contributed by atoms with Crippen molar-refractivity contribution in [2.24, 2.45) is 0 Å². The summed E-state index contributed by atoms with van der Waals surface area (Å²) in [7, 11) is 0. The summed E-state index contributed by atoms with van der Waals surface area (Å²) in [5.74, 6) is -2.63. The van der Waals surface area contributed by atoms with Crippen LogP contribution in [0.15, 0.2) is 47.0 Å². The number of alkyl halides is 2. The zero-order valence-corrected chi connectivity index (χ0v) is 14.9. The molecule has 0 spiro atoms. The number of nitrogens with zero attached hydrogens (tertiary/aromatic N) is 2. The first-order valence-corrected chi connectivity index (χ1v) is 8.52. The molecule has 0 radical (unpaired) electrons. The summed E-state index contributed by atoms with van der Waals surface area (Å²) in [6.45, 7) is 0.0825. The molecule has 6 nitrogen and oxygen atoms in total. The largest absolute Gasteiger partial charge is 0.491 e. The molecule has 0 bridgehead atoms. The third-order valence-corrected chi connectivity index (χ3v) is 3.75. The van der Waals surface area contributed by atoms with Crippen LogP contribution in [-0.4, -0.2) is 22.7 Å². The number of ether oxygens (including phenoxy) is 1. The lowest BCUT2D eigenvalue weighted by molar-refractivity contribution is -0.116. The van der Waals surface area contributed by atoms with E-state index in [2.05, 4.69) is 20.0 Å². The van der Waals surface area contributed by atoms with Gasteiger partial charge < -0.3 is 14.6 Å². The summed E-state index contributed by atoms with van der Waals surface area (Å²) in [4.78, 5) is 15.5. The second-order valence-corrected chi connectivity index (χ2v) is 5.91. The fraction of sp³-hybridized carbons (Fsp3) is 0.211. The van der Waals surface area contributed by atoms with E-state index < -0.39 is 24.0 Å². The molecular weight excluding hydrogens is 394 g/mol. The highest BCUT2D eigenvalue weighted by Crippen LogP contribution is 2.23. The number of carbonyl (C=O) groups excluding carboxylic acids is 1. The van der Waals surface area contributed by atoms with Crippen LogP contribution in [-0.2, 0) is 4.79 Å². The summed E-state index contributed by atoms with van der Waals surface area (Å²) < 4.78 is 60.8. The van der Waals surface area contributed by atoms with Crippen molar-refractivity contribution >= 4 is 11.6 Å². The van der Waals surface area contributed by atoms with E-state index >= 15 is 0 Å². The van der Waals surface area contributed by atoms with E-state index in [9.17, 15) is 22.4 Å². The molecule has 1 aromatic heterocycles. The van der Waals surface area contributed by atoms with Gasteiger partial charge in [0.15, 0.2) is 11.6 Å². The number of carbonyl (C=O) groups is 1. The molecule has 1 N–H and O–H groups in total. The highest BCUT2D eigenvalue weighted by Gasteiger charge is 2.17. The molecule has 152 valence electrons. The summed E-state index contributed by atoms with van der Waals surface area (Å²) in [5.41, 5.74) is 0.940. The quantitative estimate of drug-likeness (QED) is 0.429. The van der Waals surface area contributed by atoms with Crippen molar-refractivity contribution in [3.8, 4) is 17.1 Å². The fourth-order valence-electron chi connectivity index (χ4n) is 2.37. The van der Waals surface area contributed by atoms with E-state index in [4.69, 9.17) is 4.74 Å². The molecule has 10 heteroatoms. The Morgan fingerprint density at radius 3 is 2.55 bits per heavy atom. The minimum absolute atomic E-state index is 0.0170. The maximum Gasteiger partial charge on any atom is 0.315 e. The maximum absolute atomic E-state index is 13.4. The fourth-order valence-corrected chi connectivity index (χ4v) is 2.37. The molecule has 0 aliphatic heterocycles. The smallest absolute Gasteiger partial charge is 0.315 e. The number of hydrogen-bond donors (Lipinski definition) is 1. The second kappa shape index (κ2) is 9.18. The molecule has 0 aliphatic rings. The maximum atomic E-state index is 13.4. The van der Waals surface area contributed by atoms with Gasteiger partial charge in [0, 0.05) is 23.7 Å². The van der Waals surface area contributed by atoms with Crippen molar-refractivity contribution in [2.75, 3.05) is 11.9 Å². The minimum atomic E-state index is -2.85. The van der Waals surface area contributed by atoms with Crippen LogP contribution in [0, 0.1) is 11.6 Å². The first-order chi connectivity index (χ1) is 13.9. The molecule has 0 aliphatic carbocycles. The molecule has 1 heterocycles. The molecular formula is C19H15F4N3O3. The Morgan fingerprint density at radius 2 is 1.90 bits per heavy atom. The standard InChI is InChI=1S/C19H15F4N3O3/c20-12-5-8-15(14(21)10-12)28-9-1-2-16(27)24-13-6-3-11(4-7-13)18-25-19(17(22)23)29-26-18/h3-8,10,17H,1-2,9H2,(H,24,27). The van der Waals surface area contributed by atoms with Gasteiger partial charge in [-0.25, -0.2) is 8.78 Å². The van der Waals surface area contributed by atoms with Gasteiger partial charge in [-0.2, -0.15) is 13.8 Å². The normalized spacial score (nSPS) is 10.9. The van der Waals surface area contributed by atoms with E-state index in [1.54, 1.807) is 24.3 Å². The average Bonchev–Trinajstić information content (AvgIpc) is 3.18. The molecule has 0 atom stereocenters. The number of benzene rings is 2. The number of amides is 1. The van der Waals surface area contributed by atoms with Crippen molar-refractivity contribution < 1.29 is 31.6 Å². The van der Waals surface area contributed by atoms with Gasteiger partial charge in [-0.05, 0) is 42.8 Å². The molecule has 3 aromatic rings. The van der Waals surface area contributed by atoms with Gasteiger partial charge in [0.05, 0.1) is 6.61 Å². The first kappa shape index (κ1) is 20.3. The SMILES string of the molecule is O=C(CCCOc1ccc(F)cc1F)Nc1ccc(-c2noc(C(F)F)n2)cc1. The third kappa shape index (κ3) is 5.53. The highest BCUT2D eigenvalue weighted by molar-refractivity contribution is 5.90. The predicted molar refractivity (Wildman–Crippen MR) is 94.4 cm³/mol. The van der Waals surface area contributed by atoms with Crippen LogP contribution in [0.3, 0.4) is 0 Å². The Kier molecular flexibility index (Phi) is 6.43. The van der Waals surface area contributed by atoms with Crippen LogP contribution in [0.4, 0.5) is 23.2 Å². The Labute approximate surface area is 162 Å². The minimum Gasteiger partial charge on any atom is -0.491 e. The zero-order valence-electron chi connectivity index (χ0n) is 14.9. The molecule has 2 aromatic carbocycles. The Balaban J connectivity index is 1.45. The molecule has 29 heavy (non-hydrogen) atoms. The topological polar surface area (TPSA) is 77.2 Å². The lowest BCUT2D eigenvalue weighted by Crippen LogP contribution is -2.13. The lowest BCUT2D eigenvalue weighted by Gasteiger charge is -2.08. The van der Waals surface area contributed by atoms with Gasteiger partial charge >= 0.3 is 6.43 Å². The number of hydrogen-bond acceptors (Lipinski definition) is 5. The molecule has 0 saturated carbocycles. The van der Waals surface area contributed by atoms with Gasteiger partial charge in [-0.1, -0.05) is 5.16 Å². The first-order valence-electron chi connectivity index (χ1n) is 8.52. The van der Waals surface area contributed by atoms with Crippen LogP contribution in [0.1, 0.15) is 25.2 Å². The van der Waals surface area contributed by atoms with Crippen molar-refractivity contribution in [1.29, 1.82) is 0 Å². The molecule has 0 fully saturated rings. The molecule has 0 saturated heterocycles. The number of halogens is 4. The number of aromatic nitrogens is 2. The van der Waals surface area contributed by atoms with E-state index in [1.165, 1.54) is 6.07 Å². The summed E-state index contributed by atoms with van der Waals surface area (Å²) >= 11 is 0. The van der Waals surface area contributed by atoms with Crippen molar-refractivity contribution in [3.63, 3.8) is 0 Å². The van der Waals surface area contributed by atoms with Gasteiger partial charge in [-0.3, -0.25) is 4.79 Å². The Bertz CT molecular complexity index is 977.